The molecule has 18 heavy (non-hydrogen) atoms. The van der Waals surface area contributed by atoms with Crippen LogP contribution in [0.25, 0.3) is 0 Å². The molecule has 1 saturated heterocycles. The average molecular weight is 267 g/mol. The Kier molecular flexibility index (Phi) is 4.50. The Bertz CT molecular complexity index is 414. The maximum atomic E-state index is 5.84. The fourth-order valence-corrected chi connectivity index (χ4v) is 2.38. The summed E-state index contributed by atoms with van der Waals surface area (Å²) in [5.74, 6) is 0.907. The van der Waals surface area contributed by atoms with Gasteiger partial charge in [-0.3, -0.25) is 4.90 Å². The number of rotatable bonds is 4. The second kappa shape index (κ2) is 6.12. The van der Waals surface area contributed by atoms with Crippen LogP contribution in [-0.4, -0.2) is 44.7 Å². The zero-order chi connectivity index (χ0) is 13.0. The first kappa shape index (κ1) is 13.2. The molecular formula is C14H19ClN2O. The maximum absolute atomic E-state index is 5.84. The van der Waals surface area contributed by atoms with Crippen LogP contribution in [0.3, 0.4) is 0 Å². The third kappa shape index (κ3) is 3.40. The SMILES string of the molecule is C=C(Cl)CN1CCN(c2cccc(OC)c2)CC1. The molecule has 1 heterocycles. The van der Waals surface area contributed by atoms with E-state index in [1.54, 1.807) is 7.11 Å². The van der Waals surface area contributed by atoms with Crippen LogP contribution in [0.15, 0.2) is 35.9 Å². The van der Waals surface area contributed by atoms with Gasteiger partial charge in [0.2, 0.25) is 0 Å². The standard InChI is InChI=1S/C14H19ClN2O/c1-12(15)11-16-6-8-17(9-7-16)13-4-3-5-14(10-13)18-2/h3-5,10H,1,6-9,11H2,2H3. The Balaban J connectivity index is 1.94. The van der Waals surface area contributed by atoms with Crippen LogP contribution in [0.4, 0.5) is 5.69 Å². The van der Waals surface area contributed by atoms with E-state index in [1.165, 1.54) is 5.69 Å². The molecule has 1 aliphatic rings. The van der Waals surface area contributed by atoms with E-state index < -0.39 is 0 Å². The van der Waals surface area contributed by atoms with Crippen LogP contribution < -0.4 is 9.64 Å². The van der Waals surface area contributed by atoms with Crippen molar-refractivity contribution in [3.05, 3.63) is 35.9 Å². The zero-order valence-electron chi connectivity index (χ0n) is 10.7. The van der Waals surface area contributed by atoms with Crippen LogP contribution in [0.2, 0.25) is 0 Å². The third-order valence-electron chi connectivity index (χ3n) is 3.19. The van der Waals surface area contributed by atoms with Gasteiger partial charge in [-0.1, -0.05) is 24.2 Å². The lowest BCUT2D eigenvalue weighted by atomic mass is 10.2. The molecule has 0 amide bonds. The molecule has 1 aromatic carbocycles. The Morgan fingerprint density at radius 1 is 1.33 bits per heavy atom. The normalized spacial score (nSPS) is 16.7. The molecule has 0 atom stereocenters. The Labute approximate surface area is 114 Å². The van der Waals surface area contributed by atoms with Gasteiger partial charge in [0, 0.05) is 49.5 Å². The van der Waals surface area contributed by atoms with Gasteiger partial charge in [0.25, 0.3) is 0 Å². The summed E-state index contributed by atoms with van der Waals surface area (Å²) in [5.41, 5.74) is 1.22. The number of halogens is 1. The Morgan fingerprint density at radius 2 is 2.06 bits per heavy atom. The highest BCUT2D eigenvalue weighted by atomic mass is 35.5. The van der Waals surface area contributed by atoms with Crippen LogP contribution in [0, 0.1) is 0 Å². The summed E-state index contributed by atoms with van der Waals surface area (Å²) in [6.07, 6.45) is 0. The van der Waals surface area contributed by atoms with Crippen molar-refractivity contribution in [2.24, 2.45) is 0 Å². The first-order chi connectivity index (χ1) is 8.69. The molecule has 0 aromatic heterocycles. The second-order valence-corrected chi connectivity index (χ2v) is 5.02. The molecule has 98 valence electrons. The molecule has 0 saturated carbocycles. The van der Waals surface area contributed by atoms with E-state index in [1.807, 2.05) is 12.1 Å². The van der Waals surface area contributed by atoms with E-state index in [4.69, 9.17) is 16.3 Å². The predicted molar refractivity (Wildman–Crippen MR) is 76.6 cm³/mol. The topological polar surface area (TPSA) is 15.7 Å². The van der Waals surface area contributed by atoms with Gasteiger partial charge < -0.3 is 9.64 Å². The lowest BCUT2D eigenvalue weighted by Gasteiger charge is -2.36. The number of hydrogen-bond acceptors (Lipinski definition) is 3. The summed E-state index contributed by atoms with van der Waals surface area (Å²) in [4.78, 5) is 4.70. The average Bonchev–Trinajstić information content (AvgIpc) is 2.39. The maximum Gasteiger partial charge on any atom is 0.120 e. The Morgan fingerprint density at radius 3 is 2.67 bits per heavy atom. The van der Waals surface area contributed by atoms with Crippen LogP contribution >= 0.6 is 11.6 Å². The molecule has 4 heteroatoms. The van der Waals surface area contributed by atoms with Crippen molar-refractivity contribution in [2.45, 2.75) is 0 Å². The molecule has 0 N–H and O–H groups in total. The fraction of sp³-hybridized carbons (Fsp3) is 0.429. The predicted octanol–water partition coefficient (Wildman–Crippen LogP) is 2.57. The molecule has 0 aliphatic carbocycles. The van der Waals surface area contributed by atoms with Gasteiger partial charge in [-0.25, -0.2) is 0 Å². The van der Waals surface area contributed by atoms with Crippen LogP contribution in [0.1, 0.15) is 0 Å². The zero-order valence-corrected chi connectivity index (χ0v) is 11.5. The van der Waals surface area contributed by atoms with E-state index in [-0.39, 0.29) is 0 Å². The summed E-state index contributed by atoms with van der Waals surface area (Å²) in [7, 11) is 1.70. The first-order valence-corrected chi connectivity index (χ1v) is 6.51. The number of benzene rings is 1. The third-order valence-corrected chi connectivity index (χ3v) is 3.31. The minimum absolute atomic E-state index is 0.713. The molecular weight excluding hydrogens is 248 g/mol. The number of hydrogen-bond donors (Lipinski definition) is 0. The minimum Gasteiger partial charge on any atom is -0.497 e. The van der Waals surface area contributed by atoms with Gasteiger partial charge in [0.15, 0.2) is 0 Å². The highest BCUT2D eigenvalue weighted by Gasteiger charge is 2.17. The van der Waals surface area contributed by atoms with Gasteiger partial charge in [-0.15, -0.1) is 0 Å². The summed E-state index contributed by atoms with van der Waals surface area (Å²) >= 11 is 5.84. The van der Waals surface area contributed by atoms with E-state index in [0.29, 0.717) is 5.03 Å². The van der Waals surface area contributed by atoms with Crippen molar-refractivity contribution in [3.63, 3.8) is 0 Å². The molecule has 1 fully saturated rings. The van der Waals surface area contributed by atoms with E-state index >= 15 is 0 Å². The van der Waals surface area contributed by atoms with E-state index in [2.05, 4.69) is 28.5 Å². The van der Waals surface area contributed by atoms with Crippen LogP contribution in [-0.2, 0) is 0 Å². The molecule has 1 aromatic rings. The molecule has 0 unspecified atom stereocenters. The lowest BCUT2D eigenvalue weighted by Crippen LogP contribution is -2.46. The van der Waals surface area contributed by atoms with E-state index in [0.717, 1.165) is 38.5 Å². The molecule has 3 nitrogen and oxygen atoms in total. The summed E-state index contributed by atoms with van der Waals surface area (Å²) in [6, 6.07) is 8.20. The first-order valence-electron chi connectivity index (χ1n) is 6.13. The fourth-order valence-electron chi connectivity index (χ4n) is 2.21. The van der Waals surface area contributed by atoms with Gasteiger partial charge in [0.1, 0.15) is 5.75 Å². The lowest BCUT2D eigenvalue weighted by molar-refractivity contribution is 0.282. The van der Waals surface area contributed by atoms with Crippen molar-refractivity contribution in [3.8, 4) is 5.75 Å². The number of piperazine rings is 1. The second-order valence-electron chi connectivity index (χ2n) is 4.48. The van der Waals surface area contributed by atoms with E-state index in [9.17, 15) is 0 Å². The van der Waals surface area contributed by atoms with Crippen molar-refractivity contribution >= 4 is 17.3 Å². The van der Waals surface area contributed by atoms with Crippen LogP contribution in [0.5, 0.6) is 5.75 Å². The summed E-state index contributed by atoms with van der Waals surface area (Å²) in [5, 5.41) is 0.713. The monoisotopic (exact) mass is 266 g/mol. The minimum atomic E-state index is 0.713. The van der Waals surface area contributed by atoms with Gasteiger partial charge in [-0.2, -0.15) is 0 Å². The molecule has 0 radical (unpaired) electrons. The quantitative estimate of drug-likeness (QED) is 0.833. The molecule has 0 spiro atoms. The summed E-state index contributed by atoms with van der Waals surface area (Å²) < 4.78 is 5.25. The molecule has 2 rings (SSSR count). The largest absolute Gasteiger partial charge is 0.497 e. The van der Waals surface area contributed by atoms with Gasteiger partial charge in [0.05, 0.1) is 7.11 Å². The molecule has 1 aliphatic heterocycles. The van der Waals surface area contributed by atoms with Gasteiger partial charge >= 0.3 is 0 Å². The number of anilines is 1. The highest BCUT2D eigenvalue weighted by molar-refractivity contribution is 6.29. The summed E-state index contributed by atoms with van der Waals surface area (Å²) in [6.45, 7) is 8.58. The van der Waals surface area contributed by atoms with Crippen molar-refractivity contribution in [2.75, 3.05) is 44.7 Å². The number of nitrogens with zero attached hydrogens (tertiary/aromatic N) is 2. The van der Waals surface area contributed by atoms with Gasteiger partial charge in [-0.05, 0) is 12.1 Å². The smallest absolute Gasteiger partial charge is 0.120 e. The molecule has 0 bridgehead atoms. The number of methoxy groups -OCH3 is 1. The highest BCUT2D eigenvalue weighted by Crippen LogP contribution is 2.22. The van der Waals surface area contributed by atoms with Crippen molar-refractivity contribution in [1.29, 1.82) is 0 Å². The van der Waals surface area contributed by atoms with Crippen molar-refractivity contribution in [1.82, 2.24) is 4.90 Å². The Hall–Kier alpha value is -1.19. The number of ether oxygens (including phenoxy) is 1. The van der Waals surface area contributed by atoms with Crippen molar-refractivity contribution < 1.29 is 4.74 Å².